The molecule has 0 unspecified atom stereocenters. The Labute approximate surface area is 94.5 Å². The summed E-state index contributed by atoms with van der Waals surface area (Å²) in [5.41, 5.74) is 2.58. The van der Waals surface area contributed by atoms with Crippen LogP contribution < -0.4 is 5.32 Å². The molecule has 0 spiro atoms. The summed E-state index contributed by atoms with van der Waals surface area (Å²) in [6, 6.07) is 17.1. The van der Waals surface area contributed by atoms with E-state index in [9.17, 15) is 0 Å². The number of nitrogens with one attached hydrogen (secondary N) is 1. The van der Waals surface area contributed by atoms with Gasteiger partial charge in [0.1, 0.15) is 0 Å². The van der Waals surface area contributed by atoms with Gasteiger partial charge in [0.2, 0.25) is 0 Å². The van der Waals surface area contributed by atoms with Gasteiger partial charge in [-0.1, -0.05) is 36.4 Å². The normalized spacial score (nSPS) is 11.3. The van der Waals surface area contributed by atoms with E-state index in [0.29, 0.717) is 0 Å². The third kappa shape index (κ3) is 1.24. The zero-order chi connectivity index (χ0) is 11.0. The Bertz CT molecular complexity index is 584. The lowest BCUT2D eigenvalue weighted by Gasteiger charge is -2.05. The summed E-state index contributed by atoms with van der Waals surface area (Å²) >= 11 is 0. The van der Waals surface area contributed by atoms with Crippen LogP contribution >= 0.6 is 0 Å². The molecule has 80 valence electrons. The molecule has 0 aliphatic heterocycles. The van der Waals surface area contributed by atoms with Crippen LogP contribution in [0, 0.1) is 0 Å². The molecule has 0 amide bonds. The van der Waals surface area contributed by atoms with Crippen LogP contribution in [0.5, 0.6) is 0 Å². The zero-order valence-electron chi connectivity index (χ0n) is 9.27. The largest absolute Gasteiger partial charge is 0.327 e. The molecule has 2 aromatic carbocycles. The van der Waals surface area contributed by atoms with Crippen molar-refractivity contribution in [3.8, 4) is 0 Å². The Morgan fingerprint density at radius 3 is 1.88 bits per heavy atom. The van der Waals surface area contributed by atoms with Gasteiger partial charge in [0.25, 0.3) is 0 Å². The Kier molecular flexibility index (Phi) is 2.15. The predicted molar refractivity (Wildman–Crippen MR) is 68.5 cm³/mol. The van der Waals surface area contributed by atoms with Crippen molar-refractivity contribution in [2.75, 3.05) is 7.05 Å². The van der Waals surface area contributed by atoms with Crippen LogP contribution in [0.2, 0.25) is 0 Å². The van der Waals surface area contributed by atoms with Gasteiger partial charge in [0, 0.05) is 10.8 Å². The molecular formula is C14H14N2. The van der Waals surface area contributed by atoms with Crippen LogP contribution in [0.25, 0.3) is 21.8 Å². The minimum atomic E-state index is 0.841. The molecule has 0 aliphatic carbocycles. The van der Waals surface area contributed by atoms with Gasteiger partial charge in [-0.05, 0) is 19.2 Å². The lowest BCUT2D eigenvalue weighted by Crippen LogP contribution is -2.12. The molecule has 3 rings (SSSR count). The molecule has 0 fully saturated rings. The number of hydrogen-bond acceptors (Lipinski definition) is 1. The number of fused-ring (bicyclic) bond motifs is 3. The molecular weight excluding hydrogens is 196 g/mol. The number of rotatable bonds is 2. The number of aromatic nitrogens is 1. The van der Waals surface area contributed by atoms with E-state index in [4.69, 9.17) is 0 Å². The minimum absolute atomic E-state index is 0.841. The highest BCUT2D eigenvalue weighted by Crippen LogP contribution is 2.27. The summed E-state index contributed by atoms with van der Waals surface area (Å²) in [7, 11) is 1.98. The second-order valence-electron chi connectivity index (χ2n) is 3.97. The Morgan fingerprint density at radius 2 is 1.38 bits per heavy atom. The van der Waals surface area contributed by atoms with Crippen molar-refractivity contribution in [2.45, 2.75) is 6.67 Å². The standard InChI is InChI=1S/C14H14N2/c1-15-10-16-13-8-4-2-6-11(13)12-7-3-5-9-14(12)16/h2-9,15H,10H2,1H3. The average molecular weight is 210 g/mol. The summed E-state index contributed by atoms with van der Waals surface area (Å²) in [6.07, 6.45) is 0. The highest BCUT2D eigenvalue weighted by atomic mass is 15.1. The molecule has 3 aromatic rings. The van der Waals surface area contributed by atoms with Crippen molar-refractivity contribution < 1.29 is 0 Å². The van der Waals surface area contributed by atoms with Crippen molar-refractivity contribution in [3.63, 3.8) is 0 Å². The Balaban J connectivity index is 2.49. The van der Waals surface area contributed by atoms with E-state index >= 15 is 0 Å². The molecule has 0 bridgehead atoms. The van der Waals surface area contributed by atoms with E-state index in [-0.39, 0.29) is 0 Å². The van der Waals surface area contributed by atoms with Crippen LogP contribution in [0.3, 0.4) is 0 Å². The lowest BCUT2D eigenvalue weighted by molar-refractivity contribution is 0.654. The second kappa shape index (κ2) is 3.65. The molecule has 1 N–H and O–H groups in total. The van der Waals surface area contributed by atoms with Crippen molar-refractivity contribution >= 4 is 21.8 Å². The fourth-order valence-corrected chi connectivity index (χ4v) is 2.33. The topological polar surface area (TPSA) is 17.0 Å². The van der Waals surface area contributed by atoms with E-state index in [1.165, 1.54) is 21.8 Å². The van der Waals surface area contributed by atoms with Crippen LogP contribution in [0.15, 0.2) is 48.5 Å². The maximum absolute atomic E-state index is 3.22. The van der Waals surface area contributed by atoms with Crippen LogP contribution in [0.1, 0.15) is 0 Å². The van der Waals surface area contributed by atoms with E-state index in [1.807, 2.05) is 7.05 Å². The van der Waals surface area contributed by atoms with Crippen molar-refractivity contribution in [1.29, 1.82) is 0 Å². The summed E-state index contributed by atoms with van der Waals surface area (Å²) < 4.78 is 2.31. The molecule has 2 heteroatoms. The van der Waals surface area contributed by atoms with Crippen LogP contribution in [-0.2, 0) is 6.67 Å². The van der Waals surface area contributed by atoms with Gasteiger partial charge < -0.3 is 9.88 Å². The first-order chi connectivity index (χ1) is 7.92. The average Bonchev–Trinajstić information content (AvgIpc) is 2.66. The fourth-order valence-electron chi connectivity index (χ4n) is 2.33. The van der Waals surface area contributed by atoms with Gasteiger partial charge in [0.15, 0.2) is 0 Å². The predicted octanol–water partition coefficient (Wildman–Crippen LogP) is 2.97. The Morgan fingerprint density at radius 1 is 0.875 bits per heavy atom. The summed E-state index contributed by atoms with van der Waals surface area (Å²) in [5.74, 6) is 0. The van der Waals surface area contributed by atoms with Crippen molar-refractivity contribution in [2.24, 2.45) is 0 Å². The number of para-hydroxylation sites is 2. The van der Waals surface area contributed by atoms with Gasteiger partial charge >= 0.3 is 0 Å². The number of benzene rings is 2. The lowest BCUT2D eigenvalue weighted by atomic mass is 10.2. The van der Waals surface area contributed by atoms with E-state index in [1.54, 1.807) is 0 Å². The Hall–Kier alpha value is -1.80. The SMILES string of the molecule is CNCn1c2ccccc2c2ccccc21. The summed E-state index contributed by atoms with van der Waals surface area (Å²) in [6.45, 7) is 0.841. The van der Waals surface area contributed by atoms with Gasteiger partial charge in [-0.3, -0.25) is 0 Å². The van der Waals surface area contributed by atoms with Crippen molar-refractivity contribution in [1.82, 2.24) is 9.88 Å². The maximum Gasteiger partial charge on any atom is 0.0729 e. The third-order valence-corrected chi connectivity index (χ3v) is 3.00. The quantitative estimate of drug-likeness (QED) is 0.688. The zero-order valence-corrected chi connectivity index (χ0v) is 9.27. The van der Waals surface area contributed by atoms with Gasteiger partial charge in [0.05, 0.1) is 17.7 Å². The maximum atomic E-state index is 3.22. The van der Waals surface area contributed by atoms with Crippen LogP contribution in [-0.4, -0.2) is 11.6 Å². The fraction of sp³-hybridized carbons (Fsp3) is 0.143. The number of hydrogen-bond donors (Lipinski definition) is 1. The first-order valence-corrected chi connectivity index (χ1v) is 5.52. The first-order valence-electron chi connectivity index (χ1n) is 5.52. The molecule has 16 heavy (non-hydrogen) atoms. The highest BCUT2D eigenvalue weighted by Gasteiger charge is 2.07. The highest BCUT2D eigenvalue weighted by molar-refractivity contribution is 6.07. The van der Waals surface area contributed by atoms with Gasteiger partial charge in [-0.15, -0.1) is 0 Å². The summed E-state index contributed by atoms with van der Waals surface area (Å²) in [4.78, 5) is 0. The molecule has 0 saturated heterocycles. The molecule has 0 radical (unpaired) electrons. The van der Waals surface area contributed by atoms with E-state index in [2.05, 4.69) is 58.4 Å². The third-order valence-electron chi connectivity index (χ3n) is 3.00. The molecule has 1 heterocycles. The molecule has 0 saturated carbocycles. The van der Waals surface area contributed by atoms with Gasteiger partial charge in [-0.2, -0.15) is 0 Å². The van der Waals surface area contributed by atoms with Gasteiger partial charge in [-0.25, -0.2) is 0 Å². The van der Waals surface area contributed by atoms with Crippen molar-refractivity contribution in [3.05, 3.63) is 48.5 Å². The van der Waals surface area contributed by atoms with Crippen LogP contribution in [0.4, 0.5) is 0 Å². The van der Waals surface area contributed by atoms with E-state index < -0.39 is 0 Å². The second-order valence-corrected chi connectivity index (χ2v) is 3.97. The monoisotopic (exact) mass is 210 g/mol. The van der Waals surface area contributed by atoms with E-state index in [0.717, 1.165) is 6.67 Å². The number of nitrogens with zero attached hydrogens (tertiary/aromatic N) is 1. The molecule has 1 aromatic heterocycles. The first kappa shape index (κ1) is 9.43. The smallest absolute Gasteiger partial charge is 0.0729 e. The minimum Gasteiger partial charge on any atom is -0.327 e. The molecule has 0 aliphatic rings. The molecule has 2 nitrogen and oxygen atoms in total. The molecule has 0 atom stereocenters. The summed E-state index contributed by atoms with van der Waals surface area (Å²) in [5, 5.41) is 5.87.